The third-order valence-corrected chi connectivity index (χ3v) is 3.10. The Kier molecular flexibility index (Phi) is 4.93. The Morgan fingerprint density at radius 2 is 1.61 bits per heavy atom. The molecule has 1 atom stereocenters. The van der Waals surface area contributed by atoms with Gasteiger partial charge in [0.2, 0.25) is 0 Å². The van der Waals surface area contributed by atoms with Gasteiger partial charge >= 0.3 is 12.1 Å². The van der Waals surface area contributed by atoms with Gasteiger partial charge in [-0.2, -0.15) is 22.0 Å². The van der Waals surface area contributed by atoms with Gasteiger partial charge in [-0.25, -0.2) is 0 Å². The lowest BCUT2D eigenvalue weighted by Crippen LogP contribution is -2.38. The van der Waals surface area contributed by atoms with Crippen LogP contribution in [0.3, 0.4) is 0 Å². The molecule has 18 heavy (non-hydrogen) atoms. The molecule has 0 spiro atoms. The van der Waals surface area contributed by atoms with Gasteiger partial charge in [-0.3, -0.25) is 0 Å². The second-order valence-electron chi connectivity index (χ2n) is 3.68. The number of benzene rings is 1. The summed E-state index contributed by atoms with van der Waals surface area (Å²) in [5.41, 5.74) is 0.293. The normalized spacial score (nSPS) is 14.6. The minimum atomic E-state index is -5.56. The molecule has 0 aromatic heterocycles. The number of alkyl halides is 5. The van der Waals surface area contributed by atoms with Crippen molar-refractivity contribution in [2.24, 2.45) is 0 Å². The summed E-state index contributed by atoms with van der Waals surface area (Å²) in [5, 5.41) is 0. The molecule has 1 unspecified atom stereocenters. The van der Waals surface area contributed by atoms with E-state index in [4.69, 9.17) is 4.74 Å². The molecule has 0 aliphatic heterocycles. The first kappa shape index (κ1) is 15.6. The third-order valence-electron chi connectivity index (χ3n) is 2.38. The minimum absolute atomic E-state index is 0.293. The summed E-state index contributed by atoms with van der Waals surface area (Å²) in [4.78, 5) is 0. The van der Waals surface area contributed by atoms with Crippen molar-refractivity contribution in [3.05, 3.63) is 33.4 Å². The summed E-state index contributed by atoms with van der Waals surface area (Å²) in [6.07, 6.45) is -8.28. The third kappa shape index (κ3) is 3.78. The van der Waals surface area contributed by atoms with Gasteiger partial charge < -0.3 is 4.74 Å². The van der Waals surface area contributed by atoms with E-state index in [1.807, 2.05) is 22.6 Å². The van der Waals surface area contributed by atoms with Crippen LogP contribution in [0.1, 0.15) is 18.1 Å². The molecular formula is C11H10F5IO. The van der Waals surface area contributed by atoms with E-state index in [1.54, 1.807) is 12.1 Å². The highest BCUT2D eigenvalue weighted by Gasteiger charge is 2.58. The fourth-order valence-corrected chi connectivity index (χ4v) is 1.72. The minimum Gasteiger partial charge on any atom is -0.377 e. The second kappa shape index (κ2) is 5.68. The maximum Gasteiger partial charge on any atom is 0.453 e. The highest BCUT2D eigenvalue weighted by molar-refractivity contribution is 14.1. The molecule has 7 heteroatoms. The predicted octanol–water partition coefficient (Wildman–Crippen LogP) is 4.57. The zero-order valence-corrected chi connectivity index (χ0v) is 11.4. The van der Waals surface area contributed by atoms with Crippen LogP contribution in [-0.2, 0) is 4.74 Å². The molecule has 0 radical (unpaired) electrons. The number of methoxy groups -OCH3 is 1. The average molecular weight is 380 g/mol. The highest BCUT2D eigenvalue weighted by Crippen LogP contribution is 2.42. The Morgan fingerprint density at radius 1 is 1.11 bits per heavy atom. The van der Waals surface area contributed by atoms with Gasteiger partial charge in [0, 0.05) is 10.7 Å². The Labute approximate surface area is 114 Å². The van der Waals surface area contributed by atoms with Crippen molar-refractivity contribution < 1.29 is 26.7 Å². The Balaban J connectivity index is 2.89. The summed E-state index contributed by atoms with van der Waals surface area (Å²) in [5.74, 6) is -4.77. The van der Waals surface area contributed by atoms with Crippen molar-refractivity contribution >= 4 is 22.6 Å². The molecule has 0 bridgehead atoms. The van der Waals surface area contributed by atoms with Crippen LogP contribution in [0.4, 0.5) is 22.0 Å². The summed E-state index contributed by atoms with van der Waals surface area (Å²) in [7, 11) is 1.11. The summed E-state index contributed by atoms with van der Waals surface area (Å²) >= 11 is 2.00. The van der Waals surface area contributed by atoms with E-state index >= 15 is 0 Å². The smallest absolute Gasteiger partial charge is 0.377 e. The maximum absolute atomic E-state index is 12.9. The number of ether oxygens (including phenoxy) is 1. The average Bonchev–Trinajstić information content (AvgIpc) is 2.25. The molecule has 0 saturated heterocycles. The number of halogens is 6. The fourth-order valence-electron chi connectivity index (χ4n) is 1.36. The molecule has 0 saturated carbocycles. The van der Waals surface area contributed by atoms with Gasteiger partial charge in [-0.1, -0.05) is 12.1 Å². The van der Waals surface area contributed by atoms with Crippen molar-refractivity contribution in [2.75, 3.05) is 7.11 Å². The van der Waals surface area contributed by atoms with Crippen LogP contribution in [0.15, 0.2) is 24.3 Å². The van der Waals surface area contributed by atoms with Gasteiger partial charge in [-0.15, -0.1) is 0 Å². The molecule has 1 rings (SSSR count). The van der Waals surface area contributed by atoms with Crippen molar-refractivity contribution in [1.29, 1.82) is 0 Å². The fraction of sp³-hybridized carbons (Fsp3) is 0.455. The van der Waals surface area contributed by atoms with E-state index in [0.29, 0.717) is 5.56 Å². The predicted molar refractivity (Wildman–Crippen MR) is 64.5 cm³/mol. The SMILES string of the molecule is COC(CC(F)(F)C(F)(F)F)c1ccc(I)cc1. The Bertz CT molecular complexity index is 387. The monoisotopic (exact) mass is 380 g/mol. The first-order valence-corrected chi connectivity index (χ1v) is 5.98. The Morgan fingerprint density at radius 3 is 2.00 bits per heavy atom. The first-order valence-electron chi connectivity index (χ1n) is 4.90. The summed E-state index contributed by atoms with van der Waals surface area (Å²) in [6.45, 7) is 0. The van der Waals surface area contributed by atoms with E-state index in [9.17, 15) is 22.0 Å². The van der Waals surface area contributed by atoms with Gasteiger partial charge in [-0.05, 0) is 40.3 Å². The van der Waals surface area contributed by atoms with Crippen molar-refractivity contribution in [3.8, 4) is 0 Å². The van der Waals surface area contributed by atoms with Crippen molar-refractivity contribution in [3.63, 3.8) is 0 Å². The van der Waals surface area contributed by atoms with Gasteiger partial charge in [0.1, 0.15) is 0 Å². The van der Waals surface area contributed by atoms with E-state index in [2.05, 4.69) is 0 Å². The number of hydrogen-bond donors (Lipinski definition) is 0. The molecule has 0 fully saturated rings. The largest absolute Gasteiger partial charge is 0.453 e. The van der Waals surface area contributed by atoms with Crippen LogP contribution in [0.2, 0.25) is 0 Å². The van der Waals surface area contributed by atoms with Crippen LogP contribution in [0.25, 0.3) is 0 Å². The summed E-state index contributed by atoms with van der Waals surface area (Å²) in [6, 6.07) is 6.19. The van der Waals surface area contributed by atoms with Gasteiger partial charge in [0.05, 0.1) is 12.5 Å². The van der Waals surface area contributed by atoms with E-state index in [1.165, 1.54) is 12.1 Å². The number of rotatable bonds is 4. The molecule has 0 N–H and O–H groups in total. The van der Waals surface area contributed by atoms with E-state index in [-0.39, 0.29) is 0 Å². The summed E-state index contributed by atoms with van der Waals surface area (Å²) < 4.78 is 67.7. The van der Waals surface area contributed by atoms with Crippen molar-refractivity contribution in [2.45, 2.75) is 24.6 Å². The van der Waals surface area contributed by atoms with Gasteiger partial charge in [0.15, 0.2) is 0 Å². The van der Waals surface area contributed by atoms with Crippen LogP contribution < -0.4 is 0 Å². The first-order chi connectivity index (χ1) is 8.17. The van der Waals surface area contributed by atoms with Gasteiger partial charge in [0.25, 0.3) is 0 Å². The van der Waals surface area contributed by atoms with Crippen LogP contribution in [0, 0.1) is 3.57 Å². The Hall–Kier alpha value is -0.440. The topological polar surface area (TPSA) is 9.23 Å². The maximum atomic E-state index is 12.9. The van der Waals surface area contributed by atoms with Crippen LogP contribution >= 0.6 is 22.6 Å². The molecular weight excluding hydrogens is 370 g/mol. The molecule has 102 valence electrons. The molecule has 1 nitrogen and oxygen atoms in total. The molecule has 1 aromatic rings. The zero-order valence-electron chi connectivity index (χ0n) is 9.27. The molecule has 1 aromatic carbocycles. The quantitative estimate of drug-likeness (QED) is 0.550. The van der Waals surface area contributed by atoms with E-state index in [0.717, 1.165) is 10.7 Å². The van der Waals surface area contributed by atoms with Crippen molar-refractivity contribution in [1.82, 2.24) is 0 Å². The standard InChI is InChI=1S/C11H10F5IO/c1-18-9(6-10(12,13)11(14,15)16)7-2-4-8(17)5-3-7/h2-5,9H,6H2,1H3. The molecule has 0 aliphatic carbocycles. The number of hydrogen-bond acceptors (Lipinski definition) is 1. The molecule has 0 heterocycles. The lowest BCUT2D eigenvalue weighted by atomic mass is 10.0. The van der Waals surface area contributed by atoms with Crippen LogP contribution in [-0.4, -0.2) is 19.2 Å². The lowest BCUT2D eigenvalue weighted by Gasteiger charge is -2.24. The highest BCUT2D eigenvalue weighted by atomic mass is 127. The lowest BCUT2D eigenvalue weighted by molar-refractivity contribution is -0.291. The second-order valence-corrected chi connectivity index (χ2v) is 4.93. The molecule has 0 aliphatic rings. The van der Waals surface area contributed by atoms with E-state index < -0.39 is 24.6 Å². The zero-order chi connectivity index (χ0) is 14.0. The molecule has 0 amide bonds. The van der Waals surface area contributed by atoms with Crippen LogP contribution in [0.5, 0.6) is 0 Å².